The number of fused-ring (bicyclic) bond motifs is 3. The van der Waals surface area contributed by atoms with E-state index >= 15 is 0 Å². The normalized spacial score (nSPS) is 24.3. The van der Waals surface area contributed by atoms with E-state index in [1.54, 1.807) is 13.3 Å². The van der Waals surface area contributed by atoms with Crippen LogP contribution in [-0.4, -0.2) is 51.0 Å². The van der Waals surface area contributed by atoms with Crippen molar-refractivity contribution in [3.63, 3.8) is 0 Å². The van der Waals surface area contributed by atoms with E-state index in [0.717, 1.165) is 41.9 Å². The Labute approximate surface area is 140 Å². The van der Waals surface area contributed by atoms with Crippen LogP contribution in [0.5, 0.6) is 0 Å². The maximum Gasteiger partial charge on any atom is 0.179 e. The molecule has 1 aliphatic carbocycles. The first-order chi connectivity index (χ1) is 11.8. The molecule has 7 heteroatoms. The summed E-state index contributed by atoms with van der Waals surface area (Å²) in [6.45, 7) is 3.53. The highest BCUT2D eigenvalue weighted by Gasteiger charge is 2.37. The molecule has 3 aromatic heterocycles. The van der Waals surface area contributed by atoms with Crippen LogP contribution in [0.4, 0.5) is 0 Å². The summed E-state index contributed by atoms with van der Waals surface area (Å²) in [6, 6.07) is 2.03. The van der Waals surface area contributed by atoms with Gasteiger partial charge < -0.3 is 14.5 Å². The lowest BCUT2D eigenvalue weighted by Crippen LogP contribution is -2.13. The van der Waals surface area contributed by atoms with Gasteiger partial charge in [0, 0.05) is 19.2 Å². The number of nitrogens with zero attached hydrogens (tertiary/aromatic N) is 4. The maximum atomic E-state index is 5.99. The molecule has 7 nitrogen and oxygen atoms in total. The minimum atomic E-state index is 0.269. The van der Waals surface area contributed by atoms with Crippen molar-refractivity contribution in [2.75, 3.05) is 20.3 Å². The number of H-pyrrole nitrogens is 1. The Morgan fingerprint density at radius 2 is 2.21 bits per heavy atom. The second-order valence-corrected chi connectivity index (χ2v) is 6.45. The lowest BCUT2D eigenvalue weighted by molar-refractivity contribution is 0.0186. The minimum absolute atomic E-state index is 0.269. The molecule has 4 rings (SSSR count). The molecule has 0 spiro atoms. The van der Waals surface area contributed by atoms with Gasteiger partial charge in [0.25, 0.3) is 0 Å². The topological polar surface area (TPSA) is 77.3 Å². The van der Waals surface area contributed by atoms with Crippen LogP contribution >= 0.6 is 0 Å². The summed E-state index contributed by atoms with van der Waals surface area (Å²) in [7, 11) is 1.70. The van der Waals surface area contributed by atoms with Crippen LogP contribution in [0.15, 0.2) is 18.5 Å². The molecule has 3 atom stereocenters. The van der Waals surface area contributed by atoms with Gasteiger partial charge in [0.15, 0.2) is 11.3 Å². The quantitative estimate of drug-likeness (QED) is 0.703. The number of nitrogens with one attached hydrogen (secondary N) is 1. The fraction of sp³-hybridized carbons (Fsp3) is 0.588. The van der Waals surface area contributed by atoms with E-state index in [1.807, 2.05) is 12.3 Å². The highest BCUT2D eigenvalue weighted by Crippen LogP contribution is 2.42. The van der Waals surface area contributed by atoms with E-state index in [-0.39, 0.29) is 6.10 Å². The molecule has 0 radical (unpaired) electrons. The molecular weight excluding hydrogens is 306 g/mol. The smallest absolute Gasteiger partial charge is 0.179 e. The summed E-state index contributed by atoms with van der Waals surface area (Å²) < 4.78 is 13.2. The highest BCUT2D eigenvalue weighted by atomic mass is 16.5. The molecular formula is C17H23N5O2. The lowest BCUT2D eigenvalue weighted by Gasteiger charge is -2.15. The molecule has 1 N–H and O–H groups in total. The summed E-state index contributed by atoms with van der Waals surface area (Å²) in [4.78, 5) is 7.56. The van der Waals surface area contributed by atoms with E-state index < -0.39 is 0 Å². The summed E-state index contributed by atoms with van der Waals surface area (Å²) >= 11 is 0. The number of aromatic amines is 1. The van der Waals surface area contributed by atoms with Crippen LogP contribution in [0.1, 0.15) is 37.9 Å². The second-order valence-electron chi connectivity index (χ2n) is 6.45. The summed E-state index contributed by atoms with van der Waals surface area (Å²) in [5.41, 5.74) is 2.70. The number of rotatable bonds is 6. The van der Waals surface area contributed by atoms with Gasteiger partial charge in [0.05, 0.1) is 31.0 Å². The van der Waals surface area contributed by atoms with Crippen molar-refractivity contribution in [3.05, 3.63) is 24.3 Å². The molecule has 0 amide bonds. The number of hydrogen-bond acceptors (Lipinski definition) is 5. The molecule has 128 valence electrons. The molecule has 1 aliphatic rings. The molecule has 0 bridgehead atoms. The van der Waals surface area contributed by atoms with Gasteiger partial charge in [-0.3, -0.25) is 4.40 Å². The Morgan fingerprint density at radius 3 is 3.04 bits per heavy atom. The number of ether oxygens (including phenoxy) is 2. The second kappa shape index (κ2) is 6.49. The Bertz CT molecular complexity index is 827. The Kier molecular flexibility index (Phi) is 4.20. The van der Waals surface area contributed by atoms with Gasteiger partial charge in [-0.15, -0.1) is 10.2 Å². The Balaban J connectivity index is 1.67. The summed E-state index contributed by atoms with van der Waals surface area (Å²) in [5, 5.41) is 8.85. The first kappa shape index (κ1) is 15.5. The predicted molar refractivity (Wildman–Crippen MR) is 90.0 cm³/mol. The fourth-order valence-corrected chi connectivity index (χ4v) is 3.91. The third kappa shape index (κ3) is 2.57. The van der Waals surface area contributed by atoms with E-state index in [9.17, 15) is 0 Å². The average Bonchev–Trinajstić information content (AvgIpc) is 3.31. The Morgan fingerprint density at radius 1 is 1.29 bits per heavy atom. The monoisotopic (exact) mass is 329 g/mol. The molecule has 0 unspecified atom stereocenters. The number of aromatic nitrogens is 5. The van der Waals surface area contributed by atoms with E-state index in [4.69, 9.17) is 9.47 Å². The SMILES string of the molecule is CC[C@@H]1C[C@H](OCCOC)C[C@@H]1c1nnc2cnc3[nH]ccc3n12. The fourth-order valence-electron chi connectivity index (χ4n) is 3.91. The van der Waals surface area contributed by atoms with Crippen molar-refractivity contribution in [1.29, 1.82) is 0 Å². The standard InChI is InChI=1S/C17H23N5O2/c1-3-11-8-12(24-7-6-23-2)9-13(11)17-21-20-15-10-19-16-14(22(15)17)4-5-18-16/h4-5,10-13,18H,3,6-9H2,1-2H3/t11-,12+,13+/m1/s1. The number of methoxy groups -OCH3 is 1. The molecule has 24 heavy (non-hydrogen) atoms. The molecule has 1 saturated carbocycles. The van der Waals surface area contributed by atoms with Crippen molar-refractivity contribution in [2.45, 2.75) is 38.2 Å². The minimum Gasteiger partial charge on any atom is -0.382 e. The lowest BCUT2D eigenvalue weighted by atomic mass is 9.93. The molecule has 0 saturated heterocycles. The van der Waals surface area contributed by atoms with Gasteiger partial charge >= 0.3 is 0 Å². The van der Waals surface area contributed by atoms with Crippen molar-refractivity contribution in [2.24, 2.45) is 5.92 Å². The maximum absolute atomic E-state index is 5.99. The van der Waals surface area contributed by atoms with Gasteiger partial charge in [-0.2, -0.15) is 0 Å². The third-order valence-electron chi connectivity index (χ3n) is 5.12. The molecule has 0 aliphatic heterocycles. The van der Waals surface area contributed by atoms with Crippen LogP contribution in [0.25, 0.3) is 16.8 Å². The molecule has 3 heterocycles. The average molecular weight is 329 g/mol. The first-order valence-corrected chi connectivity index (χ1v) is 8.59. The van der Waals surface area contributed by atoms with Crippen LogP contribution < -0.4 is 0 Å². The third-order valence-corrected chi connectivity index (χ3v) is 5.12. The highest BCUT2D eigenvalue weighted by molar-refractivity contribution is 5.74. The van der Waals surface area contributed by atoms with Gasteiger partial charge in [0.1, 0.15) is 5.82 Å². The van der Waals surface area contributed by atoms with Crippen molar-refractivity contribution in [1.82, 2.24) is 24.6 Å². The molecule has 0 aromatic carbocycles. The largest absolute Gasteiger partial charge is 0.382 e. The van der Waals surface area contributed by atoms with E-state index in [2.05, 4.69) is 31.5 Å². The van der Waals surface area contributed by atoms with Crippen LogP contribution in [0.2, 0.25) is 0 Å². The van der Waals surface area contributed by atoms with E-state index in [1.165, 1.54) is 0 Å². The van der Waals surface area contributed by atoms with Gasteiger partial charge in [0.2, 0.25) is 0 Å². The predicted octanol–water partition coefficient (Wildman–Crippen LogP) is 2.54. The van der Waals surface area contributed by atoms with E-state index in [0.29, 0.717) is 25.0 Å². The Hall–Kier alpha value is -1.99. The van der Waals surface area contributed by atoms with Gasteiger partial charge in [-0.1, -0.05) is 13.3 Å². The zero-order chi connectivity index (χ0) is 16.5. The van der Waals surface area contributed by atoms with Gasteiger partial charge in [-0.05, 0) is 24.8 Å². The first-order valence-electron chi connectivity index (χ1n) is 8.59. The van der Waals surface area contributed by atoms with Crippen LogP contribution in [0.3, 0.4) is 0 Å². The van der Waals surface area contributed by atoms with Crippen molar-refractivity contribution >= 4 is 16.8 Å². The van der Waals surface area contributed by atoms with Gasteiger partial charge in [-0.25, -0.2) is 4.98 Å². The number of hydrogen-bond donors (Lipinski definition) is 1. The summed E-state index contributed by atoms with van der Waals surface area (Å²) in [5.74, 6) is 1.95. The van der Waals surface area contributed by atoms with Crippen LogP contribution in [0, 0.1) is 5.92 Å². The molecule has 1 fully saturated rings. The molecule has 3 aromatic rings. The zero-order valence-corrected chi connectivity index (χ0v) is 14.1. The summed E-state index contributed by atoms with van der Waals surface area (Å²) in [6.07, 6.45) is 7.12. The van der Waals surface area contributed by atoms with Crippen molar-refractivity contribution in [3.8, 4) is 0 Å². The zero-order valence-electron chi connectivity index (χ0n) is 14.1. The van der Waals surface area contributed by atoms with Crippen LogP contribution in [-0.2, 0) is 9.47 Å². The van der Waals surface area contributed by atoms with Crippen molar-refractivity contribution < 1.29 is 9.47 Å².